The van der Waals surface area contributed by atoms with Crippen LogP contribution in [0.15, 0.2) is 72.9 Å². The van der Waals surface area contributed by atoms with Crippen LogP contribution in [0, 0.1) is 17.6 Å². The summed E-state index contributed by atoms with van der Waals surface area (Å²) in [7, 11) is 0. The van der Waals surface area contributed by atoms with Crippen molar-refractivity contribution in [2.24, 2.45) is 0 Å². The van der Waals surface area contributed by atoms with Gasteiger partial charge < -0.3 is 0 Å². The quantitative estimate of drug-likeness (QED) is 0.496. The summed E-state index contributed by atoms with van der Waals surface area (Å²) in [6.45, 7) is 0. The molecule has 2 aromatic carbocycles. The molecule has 0 saturated heterocycles. The Morgan fingerprint density at radius 3 is 1.96 bits per heavy atom. The van der Waals surface area contributed by atoms with Crippen LogP contribution in [0.1, 0.15) is 0 Å². The molecule has 0 N–H and O–H groups in total. The number of aromatic nitrogens is 3. The molecular weight excluding hydrogens is 351 g/mol. The Morgan fingerprint density at radius 1 is 0.593 bits per heavy atom. The Morgan fingerprint density at radius 2 is 1.30 bits per heavy atom. The second-order valence-electron chi connectivity index (χ2n) is 5.77. The van der Waals surface area contributed by atoms with Gasteiger partial charge >= 0.3 is 0 Å². The standard InChI is InChI=1S/C21H12F3N3/c22-14-9-6-10-15(23)18(14)20-17(13-7-2-1-3-8-13)19(21(24)27-26-20)16-11-4-5-12-25-16/h1-12H. The lowest BCUT2D eigenvalue weighted by molar-refractivity contribution is 0.564. The second kappa shape index (κ2) is 6.99. The molecular formula is C21H12F3N3. The molecule has 0 radical (unpaired) electrons. The lowest BCUT2D eigenvalue weighted by Gasteiger charge is -2.15. The molecule has 4 rings (SSSR count). The van der Waals surface area contributed by atoms with Crippen LogP contribution in [-0.4, -0.2) is 15.2 Å². The van der Waals surface area contributed by atoms with Crippen LogP contribution in [-0.2, 0) is 0 Å². The molecule has 0 bridgehead atoms. The molecule has 2 aromatic heterocycles. The smallest absolute Gasteiger partial charge is 0.243 e. The molecule has 2 heterocycles. The number of halogens is 3. The highest BCUT2D eigenvalue weighted by Gasteiger charge is 2.25. The maximum atomic E-state index is 14.7. The number of pyridine rings is 1. The van der Waals surface area contributed by atoms with Gasteiger partial charge in [-0.15, -0.1) is 10.2 Å². The Bertz CT molecular complexity index is 1080. The molecule has 6 heteroatoms. The van der Waals surface area contributed by atoms with Crippen molar-refractivity contribution in [3.05, 3.63) is 90.5 Å². The number of hydrogen-bond acceptors (Lipinski definition) is 3. The third-order valence-electron chi connectivity index (χ3n) is 4.11. The molecule has 0 unspecified atom stereocenters. The highest BCUT2D eigenvalue weighted by molar-refractivity contribution is 5.91. The summed E-state index contributed by atoms with van der Waals surface area (Å²) in [6, 6.07) is 17.2. The van der Waals surface area contributed by atoms with E-state index in [2.05, 4.69) is 15.2 Å². The van der Waals surface area contributed by atoms with Gasteiger partial charge in [0.15, 0.2) is 0 Å². The monoisotopic (exact) mass is 363 g/mol. The lowest BCUT2D eigenvalue weighted by Crippen LogP contribution is -2.04. The first-order chi connectivity index (χ1) is 13.2. The summed E-state index contributed by atoms with van der Waals surface area (Å²) in [5.74, 6) is -2.48. The molecule has 0 aliphatic rings. The van der Waals surface area contributed by atoms with E-state index in [4.69, 9.17) is 0 Å². The van der Waals surface area contributed by atoms with Crippen molar-refractivity contribution < 1.29 is 13.2 Å². The molecule has 0 spiro atoms. The maximum Gasteiger partial charge on any atom is 0.243 e. The van der Waals surface area contributed by atoms with Gasteiger partial charge in [-0.05, 0) is 29.8 Å². The predicted molar refractivity (Wildman–Crippen MR) is 96.0 cm³/mol. The number of hydrogen-bond donors (Lipinski definition) is 0. The molecule has 4 aromatic rings. The van der Waals surface area contributed by atoms with Crippen LogP contribution in [0.3, 0.4) is 0 Å². The summed E-state index contributed by atoms with van der Waals surface area (Å²) in [5.41, 5.74) is 0.659. The SMILES string of the molecule is Fc1cccc(F)c1-c1nnc(F)c(-c2ccccn2)c1-c1ccccc1. The van der Waals surface area contributed by atoms with E-state index in [9.17, 15) is 13.2 Å². The van der Waals surface area contributed by atoms with Crippen molar-refractivity contribution in [1.29, 1.82) is 0 Å². The largest absolute Gasteiger partial charge is 0.256 e. The molecule has 132 valence electrons. The van der Waals surface area contributed by atoms with E-state index in [1.807, 2.05) is 0 Å². The van der Waals surface area contributed by atoms with Gasteiger partial charge in [-0.1, -0.05) is 42.5 Å². The van der Waals surface area contributed by atoms with Gasteiger partial charge in [0, 0.05) is 11.8 Å². The Hall–Kier alpha value is -3.54. The van der Waals surface area contributed by atoms with Crippen molar-refractivity contribution in [2.45, 2.75) is 0 Å². The van der Waals surface area contributed by atoms with Crippen LogP contribution >= 0.6 is 0 Å². The Labute approximate surface area is 153 Å². The van der Waals surface area contributed by atoms with E-state index < -0.39 is 17.6 Å². The van der Waals surface area contributed by atoms with Crippen molar-refractivity contribution in [2.75, 3.05) is 0 Å². The fourth-order valence-electron chi connectivity index (χ4n) is 2.94. The van der Waals surface area contributed by atoms with Gasteiger partial charge in [-0.25, -0.2) is 8.78 Å². The van der Waals surface area contributed by atoms with Crippen molar-refractivity contribution >= 4 is 0 Å². The van der Waals surface area contributed by atoms with Gasteiger partial charge in [0.25, 0.3) is 0 Å². The Kier molecular flexibility index (Phi) is 4.38. The molecule has 27 heavy (non-hydrogen) atoms. The summed E-state index contributed by atoms with van der Waals surface area (Å²) < 4.78 is 43.6. The van der Waals surface area contributed by atoms with E-state index in [1.165, 1.54) is 12.3 Å². The van der Waals surface area contributed by atoms with Crippen LogP contribution in [0.2, 0.25) is 0 Å². The first-order valence-corrected chi connectivity index (χ1v) is 8.14. The zero-order chi connectivity index (χ0) is 18.8. The summed E-state index contributed by atoms with van der Waals surface area (Å²) in [4.78, 5) is 4.18. The minimum Gasteiger partial charge on any atom is -0.256 e. The topological polar surface area (TPSA) is 38.7 Å². The van der Waals surface area contributed by atoms with Crippen LogP contribution in [0.5, 0.6) is 0 Å². The van der Waals surface area contributed by atoms with Crippen LogP contribution in [0.25, 0.3) is 33.6 Å². The lowest BCUT2D eigenvalue weighted by atomic mass is 9.93. The summed E-state index contributed by atoms with van der Waals surface area (Å²) in [5, 5.41) is 7.31. The van der Waals surface area contributed by atoms with E-state index in [0.717, 1.165) is 12.1 Å². The number of benzene rings is 2. The zero-order valence-electron chi connectivity index (χ0n) is 13.9. The van der Waals surface area contributed by atoms with Crippen molar-refractivity contribution in [3.8, 4) is 33.6 Å². The molecule has 0 aliphatic heterocycles. The van der Waals surface area contributed by atoms with E-state index in [-0.39, 0.29) is 22.4 Å². The Balaban J connectivity index is 2.13. The molecule has 0 amide bonds. The van der Waals surface area contributed by atoms with Crippen LogP contribution < -0.4 is 0 Å². The van der Waals surface area contributed by atoms with Crippen LogP contribution in [0.4, 0.5) is 13.2 Å². The highest BCUT2D eigenvalue weighted by atomic mass is 19.1. The fourth-order valence-corrected chi connectivity index (χ4v) is 2.94. The van der Waals surface area contributed by atoms with Gasteiger partial charge in [0.1, 0.15) is 17.3 Å². The van der Waals surface area contributed by atoms with Gasteiger partial charge in [0.2, 0.25) is 5.95 Å². The second-order valence-corrected chi connectivity index (χ2v) is 5.77. The summed E-state index contributed by atoms with van der Waals surface area (Å²) >= 11 is 0. The normalized spacial score (nSPS) is 10.8. The van der Waals surface area contributed by atoms with Gasteiger partial charge in [-0.3, -0.25) is 4.98 Å². The molecule has 0 fully saturated rings. The number of rotatable bonds is 3. The molecule has 3 nitrogen and oxygen atoms in total. The van der Waals surface area contributed by atoms with E-state index in [0.29, 0.717) is 11.3 Å². The molecule has 0 aliphatic carbocycles. The van der Waals surface area contributed by atoms with E-state index in [1.54, 1.807) is 48.5 Å². The third kappa shape index (κ3) is 3.06. The van der Waals surface area contributed by atoms with Gasteiger partial charge in [-0.2, -0.15) is 4.39 Å². The first-order valence-electron chi connectivity index (χ1n) is 8.14. The fraction of sp³-hybridized carbons (Fsp3) is 0. The highest BCUT2D eigenvalue weighted by Crippen LogP contribution is 2.40. The van der Waals surface area contributed by atoms with Crippen molar-refractivity contribution in [3.63, 3.8) is 0 Å². The zero-order valence-corrected chi connectivity index (χ0v) is 13.9. The minimum absolute atomic E-state index is 0.0365. The average Bonchev–Trinajstić information content (AvgIpc) is 2.70. The number of nitrogens with zero attached hydrogens (tertiary/aromatic N) is 3. The first kappa shape index (κ1) is 16.9. The molecule has 0 saturated carbocycles. The summed E-state index contributed by atoms with van der Waals surface area (Å²) in [6.07, 6.45) is 1.51. The average molecular weight is 363 g/mol. The van der Waals surface area contributed by atoms with Gasteiger partial charge in [0.05, 0.1) is 16.8 Å². The van der Waals surface area contributed by atoms with Crippen molar-refractivity contribution in [1.82, 2.24) is 15.2 Å². The predicted octanol–water partition coefficient (Wildman–Crippen LogP) is 5.29. The maximum absolute atomic E-state index is 14.7. The molecule has 0 atom stereocenters. The minimum atomic E-state index is -0.868. The third-order valence-corrected chi connectivity index (χ3v) is 4.11. The van der Waals surface area contributed by atoms with E-state index >= 15 is 0 Å².